The number of hydrogen-bond acceptors (Lipinski definition) is 3. The molecule has 0 atom stereocenters. The molecule has 0 bridgehead atoms. The highest BCUT2D eigenvalue weighted by atomic mass is 32.1. The molecule has 0 radical (unpaired) electrons. The standard InChI is InChI=1S/C40H24O2S/c1-3-7-25(8-4-1)27-11-15-29(16-12-27)35-19-31-20-37-33(23-36(31)41-35)34-24-40-32(21-38(34)42-37)22-39(43-40)30-17-13-28(14-18-30)26-9-5-2-6-10-26/h1-24H. The first-order valence-corrected chi connectivity index (χ1v) is 15.2. The molecule has 2 nitrogen and oxygen atoms in total. The van der Waals surface area contributed by atoms with Gasteiger partial charge in [-0.25, -0.2) is 0 Å². The fourth-order valence-corrected chi connectivity index (χ4v) is 7.13. The van der Waals surface area contributed by atoms with Gasteiger partial charge in [-0.15, -0.1) is 11.3 Å². The largest absolute Gasteiger partial charge is 0.456 e. The zero-order chi connectivity index (χ0) is 28.3. The van der Waals surface area contributed by atoms with Gasteiger partial charge in [0.2, 0.25) is 0 Å². The summed E-state index contributed by atoms with van der Waals surface area (Å²) in [5.41, 5.74) is 9.78. The molecule has 3 heteroatoms. The van der Waals surface area contributed by atoms with Gasteiger partial charge in [0.1, 0.15) is 22.5 Å². The second-order valence-corrected chi connectivity index (χ2v) is 12.1. The van der Waals surface area contributed by atoms with Crippen LogP contribution in [0.25, 0.3) is 87.0 Å². The Morgan fingerprint density at radius 1 is 0.372 bits per heavy atom. The smallest absolute Gasteiger partial charge is 0.136 e. The van der Waals surface area contributed by atoms with Crippen molar-refractivity contribution in [2.24, 2.45) is 0 Å². The molecule has 0 aliphatic carbocycles. The predicted molar refractivity (Wildman–Crippen MR) is 181 cm³/mol. The van der Waals surface area contributed by atoms with Crippen molar-refractivity contribution in [3.05, 3.63) is 146 Å². The number of thiophene rings is 1. The zero-order valence-electron chi connectivity index (χ0n) is 23.1. The molecule has 0 aliphatic heterocycles. The molecule has 0 N–H and O–H groups in total. The second-order valence-electron chi connectivity index (χ2n) is 11.0. The van der Waals surface area contributed by atoms with E-state index in [1.165, 1.54) is 42.8 Å². The molecule has 0 aliphatic rings. The summed E-state index contributed by atoms with van der Waals surface area (Å²) in [4.78, 5) is 1.25. The van der Waals surface area contributed by atoms with Gasteiger partial charge >= 0.3 is 0 Å². The van der Waals surface area contributed by atoms with E-state index in [9.17, 15) is 0 Å². The summed E-state index contributed by atoms with van der Waals surface area (Å²) in [6, 6.07) is 51.3. The molecule has 3 aromatic heterocycles. The SMILES string of the molecule is c1ccc(-c2ccc(-c3cc4cc5oc6cc7cc(-c8ccc(-c9ccccc9)cc8)sc7cc6c5cc4o3)cc2)cc1. The third-order valence-electron chi connectivity index (χ3n) is 8.30. The average molecular weight is 569 g/mol. The molecule has 9 rings (SSSR count). The Labute approximate surface area is 252 Å². The van der Waals surface area contributed by atoms with Crippen LogP contribution in [0.15, 0.2) is 154 Å². The molecule has 0 unspecified atom stereocenters. The van der Waals surface area contributed by atoms with Crippen molar-refractivity contribution in [1.29, 1.82) is 0 Å². The van der Waals surface area contributed by atoms with Crippen LogP contribution in [0.1, 0.15) is 0 Å². The molecule has 0 spiro atoms. The number of fused-ring (bicyclic) bond motifs is 5. The molecule has 6 aromatic carbocycles. The van der Waals surface area contributed by atoms with E-state index >= 15 is 0 Å². The van der Waals surface area contributed by atoms with Gasteiger partial charge < -0.3 is 8.83 Å². The average Bonchev–Trinajstić information content (AvgIpc) is 3.78. The minimum absolute atomic E-state index is 0.857. The molecule has 3 heterocycles. The lowest BCUT2D eigenvalue weighted by atomic mass is 10.0. The summed E-state index contributed by atoms with van der Waals surface area (Å²) in [7, 11) is 0. The highest BCUT2D eigenvalue weighted by molar-refractivity contribution is 7.22. The van der Waals surface area contributed by atoms with Crippen molar-refractivity contribution < 1.29 is 8.83 Å². The van der Waals surface area contributed by atoms with E-state index in [1.54, 1.807) is 0 Å². The van der Waals surface area contributed by atoms with E-state index in [-0.39, 0.29) is 0 Å². The van der Waals surface area contributed by atoms with Crippen molar-refractivity contribution in [2.75, 3.05) is 0 Å². The zero-order valence-corrected chi connectivity index (χ0v) is 23.9. The van der Waals surface area contributed by atoms with Crippen LogP contribution in [0.2, 0.25) is 0 Å². The maximum absolute atomic E-state index is 6.39. The van der Waals surface area contributed by atoms with E-state index in [0.717, 1.165) is 44.2 Å². The summed E-state index contributed by atoms with van der Waals surface area (Å²) >= 11 is 1.82. The van der Waals surface area contributed by atoms with Gasteiger partial charge in [-0.1, -0.05) is 109 Å². The van der Waals surface area contributed by atoms with Gasteiger partial charge in [0, 0.05) is 31.3 Å². The maximum atomic E-state index is 6.39. The first-order valence-electron chi connectivity index (χ1n) is 14.4. The molecule has 202 valence electrons. The molecular weight excluding hydrogens is 545 g/mol. The summed E-state index contributed by atoms with van der Waals surface area (Å²) < 4.78 is 14.0. The number of hydrogen-bond donors (Lipinski definition) is 0. The molecular formula is C40H24O2S. The monoisotopic (exact) mass is 568 g/mol. The topological polar surface area (TPSA) is 26.3 Å². The number of furan rings is 2. The molecule has 0 amide bonds. The first kappa shape index (κ1) is 24.2. The van der Waals surface area contributed by atoms with Crippen molar-refractivity contribution in [3.63, 3.8) is 0 Å². The molecule has 9 aromatic rings. The third kappa shape index (κ3) is 4.17. The van der Waals surface area contributed by atoms with Gasteiger partial charge in [-0.3, -0.25) is 0 Å². The lowest BCUT2D eigenvalue weighted by Gasteiger charge is -2.03. The van der Waals surface area contributed by atoms with Crippen molar-refractivity contribution in [1.82, 2.24) is 0 Å². The third-order valence-corrected chi connectivity index (χ3v) is 9.45. The Balaban J connectivity index is 1.07. The Morgan fingerprint density at radius 3 is 1.56 bits per heavy atom. The predicted octanol–water partition coefficient (Wildman–Crippen LogP) is 12.2. The van der Waals surface area contributed by atoms with Gasteiger partial charge in [0.05, 0.1) is 0 Å². The number of rotatable bonds is 4. The second kappa shape index (κ2) is 9.59. The van der Waals surface area contributed by atoms with Crippen LogP contribution in [-0.4, -0.2) is 0 Å². The Bertz CT molecular complexity index is 2240. The highest BCUT2D eigenvalue weighted by Gasteiger charge is 2.15. The van der Waals surface area contributed by atoms with Crippen LogP contribution in [0.4, 0.5) is 0 Å². The Kier molecular flexibility index (Phi) is 5.40. The van der Waals surface area contributed by atoms with Crippen LogP contribution in [0.3, 0.4) is 0 Å². The van der Waals surface area contributed by atoms with Gasteiger partial charge in [0.15, 0.2) is 0 Å². The minimum atomic E-state index is 0.857. The van der Waals surface area contributed by atoms with Crippen LogP contribution in [0.5, 0.6) is 0 Å². The summed E-state index contributed by atoms with van der Waals surface area (Å²) in [6.45, 7) is 0. The fourth-order valence-electron chi connectivity index (χ4n) is 6.04. The van der Waals surface area contributed by atoms with E-state index in [1.807, 2.05) is 17.4 Å². The van der Waals surface area contributed by atoms with E-state index in [0.29, 0.717) is 0 Å². The Hall–Kier alpha value is -5.38. The Morgan fingerprint density at radius 2 is 0.907 bits per heavy atom. The molecule has 0 saturated carbocycles. The van der Waals surface area contributed by atoms with Crippen LogP contribution in [-0.2, 0) is 0 Å². The van der Waals surface area contributed by atoms with Crippen LogP contribution < -0.4 is 0 Å². The van der Waals surface area contributed by atoms with E-state index < -0.39 is 0 Å². The molecule has 43 heavy (non-hydrogen) atoms. The normalized spacial score (nSPS) is 11.7. The summed E-state index contributed by atoms with van der Waals surface area (Å²) in [5.74, 6) is 0.857. The summed E-state index contributed by atoms with van der Waals surface area (Å²) in [6.07, 6.45) is 0. The van der Waals surface area contributed by atoms with Gasteiger partial charge in [0.25, 0.3) is 0 Å². The lowest BCUT2D eigenvalue weighted by Crippen LogP contribution is -1.78. The van der Waals surface area contributed by atoms with Gasteiger partial charge in [-0.2, -0.15) is 0 Å². The molecule has 0 fully saturated rings. The van der Waals surface area contributed by atoms with E-state index in [2.05, 4.69) is 140 Å². The van der Waals surface area contributed by atoms with Gasteiger partial charge in [-0.05, 0) is 69.6 Å². The van der Waals surface area contributed by atoms with Crippen molar-refractivity contribution in [2.45, 2.75) is 0 Å². The van der Waals surface area contributed by atoms with Crippen LogP contribution >= 0.6 is 11.3 Å². The van der Waals surface area contributed by atoms with Crippen molar-refractivity contribution in [3.8, 4) is 44.0 Å². The molecule has 0 saturated heterocycles. The fraction of sp³-hybridized carbons (Fsp3) is 0. The first-order chi connectivity index (χ1) is 21.2. The lowest BCUT2D eigenvalue weighted by molar-refractivity contribution is 0.631. The maximum Gasteiger partial charge on any atom is 0.136 e. The number of benzene rings is 6. The minimum Gasteiger partial charge on any atom is -0.456 e. The van der Waals surface area contributed by atoms with E-state index in [4.69, 9.17) is 8.83 Å². The summed E-state index contributed by atoms with van der Waals surface area (Å²) in [5, 5.41) is 4.43. The highest BCUT2D eigenvalue weighted by Crippen LogP contribution is 2.41. The van der Waals surface area contributed by atoms with Crippen LogP contribution in [0, 0.1) is 0 Å². The van der Waals surface area contributed by atoms with Crippen molar-refractivity contribution >= 4 is 54.3 Å². The quantitative estimate of drug-likeness (QED) is 0.211.